The first-order chi connectivity index (χ1) is 33.0. The third-order valence-electron chi connectivity index (χ3n) is 14.7. The van der Waals surface area contributed by atoms with Crippen LogP contribution in [0, 0.1) is 0 Å². The number of unbranched alkanes of at least 4 members (excludes halogenated alkanes) is 47. The zero-order valence-electron chi connectivity index (χ0n) is 45.7. The lowest BCUT2D eigenvalue weighted by molar-refractivity contribution is -0.143. The minimum atomic E-state index is -0.672. The average Bonchev–Trinajstić information content (AvgIpc) is 3.33. The molecule has 0 radical (unpaired) electrons. The molecule has 0 aromatic rings. The molecule has 0 aliphatic carbocycles. The predicted molar refractivity (Wildman–Crippen MR) is 292 cm³/mol. The van der Waals surface area contributed by atoms with Gasteiger partial charge in [-0.15, -0.1) is 0 Å². The molecular weight excluding hydrogens is 827 g/mol. The highest BCUT2D eigenvalue weighted by Crippen LogP contribution is 2.18. The van der Waals surface area contributed by atoms with Crippen molar-refractivity contribution >= 4 is 11.9 Å². The van der Waals surface area contributed by atoms with Crippen molar-refractivity contribution in [3.63, 3.8) is 0 Å². The van der Waals surface area contributed by atoms with Crippen molar-refractivity contribution in [1.82, 2.24) is 5.32 Å². The maximum Gasteiger partial charge on any atom is 0.305 e. The van der Waals surface area contributed by atoms with Crippen molar-refractivity contribution in [2.45, 2.75) is 366 Å². The number of carbonyl (C=O) groups is 2. The lowest BCUT2D eigenvalue weighted by Crippen LogP contribution is -2.45. The third kappa shape index (κ3) is 54.0. The van der Waals surface area contributed by atoms with E-state index in [0.29, 0.717) is 25.9 Å². The van der Waals surface area contributed by atoms with Crippen LogP contribution in [0.4, 0.5) is 0 Å². The summed E-state index contributed by atoms with van der Waals surface area (Å²) in [6, 6.07) is -0.550. The average molecular weight is 949 g/mol. The number of ether oxygens (including phenoxy) is 1. The van der Waals surface area contributed by atoms with Gasteiger partial charge in [-0.05, 0) is 25.7 Å². The topological polar surface area (TPSA) is 95.9 Å². The highest BCUT2D eigenvalue weighted by Gasteiger charge is 2.20. The Morgan fingerprint density at radius 1 is 0.358 bits per heavy atom. The highest BCUT2D eigenvalue weighted by atomic mass is 16.5. The molecule has 0 bridgehead atoms. The van der Waals surface area contributed by atoms with Gasteiger partial charge in [0.25, 0.3) is 0 Å². The monoisotopic (exact) mass is 948 g/mol. The maximum absolute atomic E-state index is 12.5. The van der Waals surface area contributed by atoms with E-state index in [2.05, 4.69) is 19.2 Å². The van der Waals surface area contributed by atoms with Crippen LogP contribution in [0.3, 0.4) is 0 Å². The van der Waals surface area contributed by atoms with Crippen LogP contribution in [-0.4, -0.2) is 47.4 Å². The molecule has 2 unspecified atom stereocenters. The molecule has 0 saturated carbocycles. The van der Waals surface area contributed by atoms with Gasteiger partial charge in [-0.3, -0.25) is 9.59 Å². The normalized spacial score (nSPS) is 12.5. The molecule has 6 heteroatoms. The van der Waals surface area contributed by atoms with Gasteiger partial charge in [0.2, 0.25) is 5.91 Å². The van der Waals surface area contributed by atoms with Crippen LogP contribution in [0.1, 0.15) is 354 Å². The number of carbonyl (C=O) groups excluding carboxylic acids is 2. The second-order valence-electron chi connectivity index (χ2n) is 21.4. The Hall–Kier alpha value is -1.14. The van der Waals surface area contributed by atoms with Gasteiger partial charge in [0.05, 0.1) is 25.4 Å². The quantitative estimate of drug-likeness (QED) is 0.0417. The lowest BCUT2D eigenvalue weighted by Gasteiger charge is -2.22. The van der Waals surface area contributed by atoms with E-state index in [1.165, 1.54) is 270 Å². The number of amides is 1. The summed E-state index contributed by atoms with van der Waals surface area (Å²) in [6.45, 7) is 4.97. The molecule has 0 spiro atoms. The second kappa shape index (κ2) is 57.4. The van der Waals surface area contributed by atoms with Gasteiger partial charge in [0.15, 0.2) is 0 Å². The first kappa shape index (κ1) is 65.9. The molecule has 6 nitrogen and oxygen atoms in total. The van der Waals surface area contributed by atoms with E-state index in [4.69, 9.17) is 4.74 Å². The maximum atomic E-state index is 12.5. The van der Waals surface area contributed by atoms with E-state index in [9.17, 15) is 19.8 Å². The molecule has 67 heavy (non-hydrogen) atoms. The Kier molecular flexibility index (Phi) is 56.5. The summed E-state index contributed by atoms with van der Waals surface area (Å²) in [5, 5.41) is 23.3. The predicted octanol–water partition coefficient (Wildman–Crippen LogP) is 19.1. The number of rotatable bonds is 58. The number of aliphatic hydroxyl groups excluding tert-OH is 2. The zero-order valence-corrected chi connectivity index (χ0v) is 45.7. The van der Waals surface area contributed by atoms with Crippen molar-refractivity contribution in [2.24, 2.45) is 0 Å². The van der Waals surface area contributed by atoms with Gasteiger partial charge < -0.3 is 20.3 Å². The Bertz CT molecular complexity index is 959. The summed E-state index contributed by atoms with van der Waals surface area (Å²) >= 11 is 0. The minimum absolute atomic E-state index is 0.0000391. The van der Waals surface area contributed by atoms with Crippen LogP contribution < -0.4 is 5.32 Å². The Balaban J connectivity index is 3.41. The summed E-state index contributed by atoms with van der Waals surface area (Å²) in [6.07, 6.45) is 66.7. The highest BCUT2D eigenvalue weighted by molar-refractivity contribution is 5.76. The van der Waals surface area contributed by atoms with Crippen molar-refractivity contribution in [2.75, 3.05) is 13.2 Å². The van der Waals surface area contributed by atoms with Crippen LogP contribution in [0.2, 0.25) is 0 Å². The first-order valence-corrected chi connectivity index (χ1v) is 30.8. The molecule has 0 aromatic carbocycles. The fourth-order valence-corrected chi connectivity index (χ4v) is 9.94. The molecular formula is C61H121NO5. The number of nitrogens with one attached hydrogen (secondary N) is 1. The van der Waals surface area contributed by atoms with Crippen LogP contribution in [0.5, 0.6) is 0 Å². The Labute approximate surface area is 419 Å². The fraction of sp³-hybridized carbons (Fsp3) is 0.967. The summed E-state index contributed by atoms with van der Waals surface area (Å²) in [5.41, 5.74) is 0. The number of aliphatic hydroxyl groups is 2. The molecule has 2 atom stereocenters. The molecule has 0 heterocycles. The van der Waals surface area contributed by atoms with E-state index in [1.54, 1.807) is 0 Å². The van der Waals surface area contributed by atoms with Crippen LogP contribution in [0.25, 0.3) is 0 Å². The van der Waals surface area contributed by atoms with Crippen LogP contribution in [-0.2, 0) is 14.3 Å². The van der Waals surface area contributed by atoms with Gasteiger partial charge in [-0.2, -0.15) is 0 Å². The minimum Gasteiger partial charge on any atom is -0.466 e. The molecule has 0 saturated heterocycles. The van der Waals surface area contributed by atoms with Crippen molar-refractivity contribution in [3.05, 3.63) is 0 Å². The van der Waals surface area contributed by atoms with Gasteiger partial charge in [0, 0.05) is 12.8 Å². The molecule has 3 N–H and O–H groups in total. The van der Waals surface area contributed by atoms with Crippen LogP contribution >= 0.6 is 0 Å². The van der Waals surface area contributed by atoms with E-state index < -0.39 is 12.1 Å². The number of esters is 1. The smallest absolute Gasteiger partial charge is 0.305 e. The van der Waals surface area contributed by atoms with E-state index in [1.807, 2.05) is 0 Å². The summed E-state index contributed by atoms with van der Waals surface area (Å²) in [4.78, 5) is 24.6. The Morgan fingerprint density at radius 2 is 0.612 bits per heavy atom. The van der Waals surface area contributed by atoms with Crippen LogP contribution in [0.15, 0.2) is 0 Å². The van der Waals surface area contributed by atoms with Gasteiger partial charge >= 0.3 is 5.97 Å². The second-order valence-corrected chi connectivity index (χ2v) is 21.4. The Morgan fingerprint density at radius 3 is 0.910 bits per heavy atom. The third-order valence-corrected chi connectivity index (χ3v) is 14.7. The van der Waals surface area contributed by atoms with Crippen molar-refractivity contribution in [1.29, 1.82) is 0 Å². The summed E-state index contributed by atoms with van der Waals surface area (Å²) in [7, 11) is 0. The zero-order chi connectivity index (χ0) is 48.6. The lowest BCUT2D eigenvalue weighted by atomic mass is 10.0. The largest absolute Gasteiger partial charge is 0.466 e. The molecule has 400 valence electrons. The number of hydrogen-bond acceptors (Lipinski definition) is 5. The molecule has 0 aromatic heterocycles. The van der Waals surface area contributed by atoms with Crippen molar-refractivity contribution in [3.8, 4) is 0 Å². The summed E-state index contributed by atoms with van der Waals surface area (Å²) in [5.74, 6) is -0.0430. The molecule has 0 aliphatic heterocycles. The van der Waals surface area contributed by atoms with Gasteiger partial charge in [0.1, 0.15) is 0 Å². The number of hydrogen-bond donors (Lipinski definition) is 3. The van der Waals surface area contributed by atoms with Crippen molar-refractivity contribution < 1.29 is 24.5 Å². The van der Waals surface area contributed by atoms with Gasteiger partial charge in [-0.25, -0.2) is 0 Å². The van der Waals surface area contributed by atoms with Gasteiger partial charge in [-0.1, -0.05) is 316 Å². The van der Waals surface area contributed by atoms with E-state index in [0.717, 1.165) is 51.4 Å². The van der Waals surface area contributed by atoms with E-state index >= 15 is 0 Å². The SMILES string of the molecule is CCCCCCCCCCCCCCCCCCCCCCC(O)C(CO)NC(=O)CCCCCCCCCCCCCCCOC(=O)CCCCCCCCCCCCCCCCCCC. The molecule has 0 aliphatic rings. The first-order valence-electron chi connectivity index (χ1n) is 30.8. The summed E-state index contributed by atoms with van der Waals surface area (Å²) < 4.78 is 5.49. The fourth-order valence-electron chi connectivity index (χ4n) is 9.94. The molecule has 0 fully saturated rings. The molecule has 1 amide bonds. The van der Waals surface area contributed by atoms with E-state index in [-0.39, 0.29) is 18.5 Å². The molecule has 0 rings (SSSR count). The standard InChI is InChI=1S/C61H121NO5/c1-3-5-7-9-11-13-15-17-19-21-22-23-25-26-29-33-37-41-45-49-53-59(64)58(57-63)62-60(65)54-50-46-42-38-34-30-28-32-36-40-44-48-52-56-67-61(66)55-51-47-43-39-35-31-27-24-20-18-16-14-12-10-8-6-4-2/h58-59,63-64H,3-57H2,1-2H3,(H,62,65).